The predicted molar refractivity (Wildman–Crippen MR) is 125 cm³/mol. The number of thioether (sulfide) groups is 1. The molecule has 0 aliphatic carbocycles. The van der Waals surface area contributed by atoms with Crippen LogP contribution in [0.25, 0.3) is 0 Å². The van der Waals surface area contributed by atoms with E-state index in [0.717, 1.165) is 48.8 Å². The minimum Gasteiger partial charge on any atom is -0.497 e. The molecule has 0 atom stereocenters. The van der Waals surface area contributed by atoms with E-state index in [4.69, 9.17) is 16.3 Å². The minimum absolute atomic E-state index is 0.190. The van der Waals surface area contributed by atoms with Gasteiger partial charge in [-0.1, -0.05) is 23.7 Å². The Hall–Kier alpha value is -1.73. The molecule has 0 aromatic heterocycles. The summed E-state index contributed by atoms with van der Waals surface area (Å²) < 4.78 is 5.35. The number of nitrogens with zero attached hydrogens (tertiary/aromatic N) is 2. The SMILES string of the molecule is COc1ccc2c(c1)CN(C(=O)CCN1CCC(O)(c3ccc(Cl)cc3)CC1)CCS2. The fraction of sp³-hybridized carbons (Fsp3) is 0.458. The zero-order valence-electron chi connectivity index (χ0n) is 17.8. The van der Waals surface area contributed by atoms with Crippen LogP contribution in [0.3, 0.4) is 0 Å². The van der Waals surface area contributed by atoms with Gasteiger partial charge in [-0.25, -0.2) is 0 Å². The molecule has 7 heteroatoms. The Kier molecular flexibility index (Phi) is 7.12. The molecule has 1 amide bonds. The van der Waals surface area contributed by atoms with E-state index in [1.165, 1.54) is 4.90 Å². The lowest BCUT2D eigenvalue weighted by molar-refractivity contribution is -0.132. The Balaban J connectivity index is 1.29. The van der Waals surface area contributed by atoms with Gasteiger partial charge in [-0.05, 0) is 54.3 Å². The number of methoxy groups -OCH3 is 1. The Bertz CT molecular complexity index is 914. The number of likely N-dealkylation sites (tertiary alicyclic amines) is 1. The normalized spacial score (nSPS) is 18.9. The Morgan fingerprint density at radius 2 is 1.90 bits per heavy atom. The van der Waals surface area contributed by atoms with Crippen molar-refractivity contribution in [2.75, 3.05) is 39.0 Å². The van der Waals surface area contributed by atoms with Crippen LogP contribution in [0.1, 0.15) is 30.4 Å². The molecule has 31 heavy (non-hydrogen) atoms. The highest BCUT2D eigenvalue weighted by Gasteiger charge is 2.34. The molecule has 2 aliphatic heterocycles. The van der Waals surface area contributed by atoms with Gasteiger partial charge in [0.15, 0.2) is 0 Å². The van der Waals surface area contributed by atoms with Gasteiger partial charge in [-0.2, -0.15) is 0 Å². The number of ether oxygens (including phenoxy) is 1. The van der Waals surface area contributed by atoms with Gasteiger partial charge in [0.25, 0.3) is 0 Å². The largest absolute Gasteiger partial charge is 0.497 e. The van der Waals surface area contributed by atoms with Crippen LogP contribution in [-0.4, -0.2) is 59.9 Å². The second kappa shape index (κ2) is 9.82. The summed E-state index contributed by atoms with van der Waals surface area (Å²) in [5.41, 5.74) is 1.26. The number of benzene rings is 2. The molecule has 1 fully saturated rings. The van der Waals surface area contributed by atoms with Gasteiger partial charge < -0.3 is 19.6 Å². The van der Waals surface area contributed by atoms with Crippen LogP contribution in [0.4, 0.5) is 0 Å². The highest BCUT2D eigenvalue weighted by Crippen LogP contribution is 2.34. The number of hydrogen-bond acceptors (Lipinski definition) is 5. The van der Waals surface area contributed by atoms with Gasteiger partial charge >= 0.3 is 0 Å². The Labute approximate surface area is 193 Å². The van der Waals surface area contributed by atoms with Gasteiger partial charge in [-0.3, -0.25) is 4.79 Å². The number of carbonyl (C=O) groups is 1. The molecule has 4 rings (SSSR count). The highest BCUT2D eigenvalue weighted by atomic mass is 35.5. The number of amides is 1. The van der Waals surface area contributed by atoms with Crippen LogP contribution in [0, 0.1) is 0 Å². The van der Waals surface area contributed by atoms with Crippen LogP contribution in [-0.2, 0) is 16.9 Å². The second-order valence-electron chi connectivity index (χ2n) is 8.27. The maximum Gasteiger partial charge on any atom is 0.224 e. The molecule has 0 bridgehead atoms. The lowest BCUT2D eigenvalue weighted by Crippen LogP contribution is -2.44. The number of hydrogen-bond donors (Lipinski definition) is 1. The lowest BCUT2D eigenvalue weighted by Gasteiger charge is -2.38. The molecule has 2 aromatic rings. The zero-order chi connectivity index (χ0) is 21.8. The standard InChI is InChI=1S/C24H29ClN2O3S/c1-30-21-6-7-22-18(16-21)17-27(14-15-31-22)23(28)8-11-26-12-9-24(29,10-13-26)19-2-4-20(25)5-3-19/h2-7,16,29H,8-15,17H2,1H3. The van der Waals surface area contributed by atoms with Crippen LogP contribution < -0.4 is 4.74 Å². The van der Waals surface area contributed by atoms with Crippen molar-refractivity contribution < 1.29 is 14.6 Å². The molecule has 2 heterocycles. The summed E-state index contributed by atoms with van der Waals surface area (Å²) in [6.07, 6.45) is 1.83. The highest BCUT2D eigenvalue weighted by molar-refractivity contribution is 7.99. The third-order valence-electron chi connectivity index (χ3n) is 6.31. The maximum absolute atomic E-state index is 12.9. The van der Waals surface area contributed by atoms with E-state index in [9.17, 15) is 9.90 Å². The second-order valence-corrected chi connectivity index (χ2v) is 9.84. The van der Waals surface area contributed by atoms with Crippen molar-refractivity contribution in [2.24, 2.45) is 0 Å². The summed E-state index contributed by atoms with van der Waals surface area (Å²) in [7, 11) is 1.67. The first-order chi connectivity index (χ1) is 15.0. The molecular formula is C24H29ClN2O3S. The number of rotatable bonds is 5. The van der Waals surface area contributed by atoms with Crippen LogP contribution in [0.5, 0.6) is 5.75 Å². The summed E-state index contributed by atoms with van der Waals surface area (Å²) >= 11 is 7.77. The van der Waals surface area contributed by atoms with Gasteiger partial charge in [0.05, 0.1) is 12.7 Å². The van der Waals surface area contributed by atoms with Crippen LogP contribution in [0.15, 0.2) is 47.4 Å². The van der Waals surface area contributed by atoms with Gasteiger partial charge in [-0.15, -0.1) is 11.8 Å². The number of aliphatic hydroxyl groups is 1. The van der Waals surface area contributed by atoms with E-state index in [1.807, 2.05) is 41.3 Å². The van der Waals surface area contributed by atoms with Gasteiger partial charge in [0.1, 0.15) is 5.75 Å². The molecule has 5 nitrogen and oxygen atoms in total. The fourth-order valence-corrected chi connectivity index (χ4v) is 5.45. The van der Waals surface area contributed by atoms with E-state index in [1.54, 1.807) is 18.9 Å². The average molecular weight is 461 g/mol. The molecule has 0 unspecified atom stereocenters. The molecule has 1 N–H and O–H groups in total. The molecule has 2 aromatic carbocycles. The molecule has 0 spiro atoms. The molecule has 2 aliphatic rings. The Morgan fingerprint density at radius 3 is 2.61 bits per heavy atom. The Morgan fingerprint density at radius 1 is 1.16 bits per heavy atom. The van der Waals surface area contributed by atoms with Crippen LogP contribution in [0.2, 0.25) is 5.02 Å². The maximum atomic E-state index is 12.9. The third kappa shape index (κ3) is 5.37. The predicted octanol–water partition coefficient (Wildman–Crippen LogP) is 4.16. The number of fused-ring (bicyclic) bond motifs is 1. The summed E-state index contributed by atoms with van der Waals surface area (Å²) in [6.45, 7) is 3.68. The number of piperidine rings is 1. The summed E-state index contributed by atoms with van der Waals surface area (Å²) in [5, 5.41) is 11.7. The van der Waals surface area contributed by atoms with Gasteiger partial charge in [0, 0.05) is 54.8 Å². The van der Waals surface area contributed by atoms with Crippen molar-refractivity contribution in [1.29, 1.82) is 0 Å². The van der Waals surface area contributed by atoms with E-state index < -0.39 is 5.60 Å². The van der Waals surface area contributed by atoms with Crippen molar-refractivity contribution >= 4 is 29.3 Å². The van der Waals surface area contributed by atoms with Crippen molar-refractivity contribution in [2.45, 2.75) is 36.3 Å². The fourth-order valence-electron chi connectivity index (χ4n) is 4.32. The van der Waals surface area contributed by atoms with Crippen molar-refractivity contribution in [3.8, 4) is 5.75 Å². The first-order valence-corrected chi connectivity index (χ1v) is 12.1. The molecular weight excluding hydrogens is 432 g/mol. The van der Waals surface area contributed by atoms with Crippen molar-refractivity contribution in [3.63, 3.8) is 0 Å². The van der Waals surface area contributed by atoms with Crippen molar-refractivity contribution in [3.05, 3.63) is 58.6 Å². The number of carbonyl (C=O) groups excluding carboxylic acids is 1. The van der Waals surface area contributed by atoms with E-state index in [2.05, 4.69) is 11.0 Å². The topological polar surface area (TPSA) is 53.0 Å². The quantitative estimate of drug-likeness (QED) is 0.726. The number of halogens is 1. The minimum atomic E-state index is -0.810. The molecule has 166 valence electrons. The van der Waals surface area contributed by atoms with E-state index in [-0.39, 0.29) is 5.91 Å². The summed E-state index contributed by atoms with van der Waals surface area (Å²) in [5.74, 6) is 1.92. The molecule has 0 radical (unpaired) electrons. The lowest BCUT2D eigenvalue weighted by atomic mass is 9.84. The van der Waals surface area contributed by atoms with E-state index >= 15 is 0 Å². The van der Waals surface area contributed by atoms with Crippen LogP contribution >= 0.6 is 23.4 Å². The van der Waals surface area contributed by atoms with Crippen molar-refractivity contribution in [1.82, 2.24) is 9.80 Å². The van der Waals surface area contributed by atoms with Gasteiger partial charge in [0.2, 0.25) is 5.91 Å². The monoisotopic (exact) mass is 460 g/mol. The average Bonchev–Trinajstić information content (AvgIpc) is 3.01. The first kappa shape index (κ1) is 22.5. The smallest absolute Gasteiger partial charge is 0.224 e. The summed E-state index contributed by atoms with van der Waals surface area (Å²) in [6, 6.07) is 13.6. The first-order valence-electron chi connectivity index (χ1n) is 10.8. The summed E-state index contributed by atoms with van der Waals surface area (Å²) in [4.78, 5) is 18.4. The third-order valence-corrected chi connectivity index (χ3v) is 7.65. The zero-order valence-corrected chi connectivity index (χ0v) is 19.4. The molecule has 0 saturated carbocycles. The molecule has 1 saturated heterocycles. The van der Waals surface area contributed by atoms with E-state index in [0.29, 0.717) is 30.8 Å².